The van der Waals surface area contributed by atoms with Crippen LogP contribution in [0.3, 0.4) is 0 Å². The second-order valence-corrected chi connectivity index (χ2v) is 5.15. The van der Waals surface area contributed by atoms with E-state index >= 15 is 0 Å². The number of halogens is 2. The monoisotopic (exact) mass is 275 g/mol. The van der Waals surface area contributed by atoms with Crippen molar-refractivity contribution in [1.82, 2.24) is 9.97 Å². The van der Waals surface area contributed by atoms with Crippen LogP contribution in [0.15, 0.2) is 6.33 Å². The summed E-state index contributed by atoms with van der Waals surface area (Å²) in [5.41, 5.74) is 0.388. The lowest BCUT2D eigenvalue weighted by Crippen LogP contribution is -2.23. The predicted molar refractivity (Wildman–Crippen MR) is 63.0 cm³/mol. The number of hydrogen-bond acceptors (Lipinski definition) is 3. The smallest absolute Gasteiger partial charge is 0.186 e. The summed E-state index contributed by atoms with van der Waals surface area (Å²) in [6.07, 6.45) is 2.33. The summed E-state index contributed by atoms with van der Waals surface area (Å²) in [6, 6.07) is 0. The highest BCUT2D eigenvalue weighted by Crippen LogP contribution is 2.16. The highest BCUT2D eigenvalue weighted by atomic mass is 79.9. The van der Waals surface area contributed by atoms with Crippen molar-refractivity contribution in [3.63, 3.8) is 0 Å². The van der Waals surface area contributed by atoms with Gasteiger partial charge in [-0.25, -0.2) is 14.4 Å². The van der Waals surface area contributed by atoms with E-state index in [1.165, 1.54) is 6.33 Å². The summed E-state index contributed by atoms with van der Waals surface area (Å²) in [5.74, 6) is 0.0397. The molecule has 0 amide bonds. The molecule has 1 aromatic rings. The van der Waals surface area contributed by atoms with Crippen LogP contribution in [0.1, 0.15) is 19.0 Å². The number of rotatable bonds is 4. The van der Waals surface area contributed by atoms with Gasteiger partial charge in [-0.05, 0) is 13.3 Å². The van der Waals surface area contributed by atoms with Crippen molar-refractivity contribution < 1.29 is 4.39 Å². The number of hydrogen-bond donors (Lipinski definition) is 0. The van der Waals surface area contributed by atoms with Gasteiger partial charge in [-0.2, -0.15) is 0 Å². The maximum Gasteiger partial charge on any atom is 0.186 e. The molecule has 0 aliphatic rings. The molecule has 1 aromatic heterocycles. The first-order valence-electron chi connectivity index (χ1n) is 4.84. The minimum absolute atomic E-state index is 0.331. The normalized spacial score (nSPS) is 12.6. The maximum atomic E-state index is 13.6. The Morgan fingerprint density at radius 1 is 1.53 bits per heavy atom. The minimum Gasteiger partial charge on any atom is -0.357 e. The SMILES string of the molecule is Cc1ncnc(N(C)CCC(C)Br)c1F. The molecule has 0 radical (unpaired) electrons. The van der Waals surface area contributed by atoms with Crippen molar-refractivity contribution in [2.24, 2.45) is 0 Å². The average molecular weight is 276 g/mol. The fourth-order valence-corrected chi connectivity index (χ4v) is 1.39. The van der Waals surface area contributed by atoms with Crippen molar-refractivity contribution in [3.05, 3.63) is 17.8 Å². The Hall–Kier alpha value is -0.710. The topological polar surface area (TPSA) is 29.0 Å². The van der Waals surface area contributed by atoms with Crippen LogP contribution in [0.2, 0.25) is 0 Å². The Balaban J connectivity index is 2.73. The van der Waals surface area contributed by atoms with E-state index in [2.05, 4.69) is 32.8 Å². The molecule has 1 heterocycles. The molecule has 1 unspecified atom stereocenters. The Labute approximate surface area is 97.9 Å². The molecule has 15 heavy (non-hydrogen) atoms. The summed E-state index contributed by atoms with van der Waals surface area (Å²) in [4.78, 5) is 9.97. The molecule has 1 atom stereocenters. The summed E-state index contributed by atoms with van der Waals surface area (Å²) in [6.45, 7) is 4.47. The second-order valence-electron chi connectivity index (χ2n) is 3.59. The summed E-state index contributed by atoms with van der Waals surface area (Å²) >= 11 is 3.46. The first kappa shape index (κ1) is 12.4. The third kappa shape index (κ3) is 3.41. The van der Waals surface area contributed by atoms with E-state index in [9.17, 15) is 4.39 Å². The largest absolute Gasteiger partial charge is 0.357 e. The van der Waals surface area contributed by atoms with Gasteiger partial charge in [0.1, 0.15) is 6.33 Å². The molecule has 0 aliphatic heterocycles. The van der Waals surface area contributed by atoms with Crippen molar-refractivity contribution in [1.29, 1.82) is 0 Å². The van der Waals surface area contributed by atoms with Gasteiger partial charge in [0.2, 0.25) is 0 Å². The van der Waals surface area contributed by atoms with E-state index in [1.54, 1.807) is 6.92 Å². The fraction of sp³-hybridized carbons (Fsp3) is 0.600. The molecule has 0 saturated carbocycles. The lowest BCUT2D eigenvalue weighted by atomic mass is 10.3. The molecule has 0 aliphatic carbocycles. The highest BCUT2D eigenvalue weighted by molar-refractivity contribution is 9.09. The minimum atomic E-state index is -0.331. The van der Waals surface area contributed by atoms with Gasteiger partial charge in [0.25, 0.3) is 0 Å². The zero-order valence-electron chi connectivity index (χ0n) is 9.17. The first-order chi connectivity index (χ1) is 7.02. The summed E-state index contributed by atoms with van der Waals surface area (Å²) in [7, 11) is 1.83. The van der Waals surface area contributed by atoms with Crippen molar-refractivity contribution >= 4 is 21.7 Å². The molecule has 3 nitrogen and oxygen atoms in total. The third-order valence-electron chi connectivity index (χ3n) is 2.17. The van der Waals surface area contributed by atoms with Crippen LogP contribution in [0.4, 0.5) is 10.2 Å². The van der Waals surface area contributed by atoms with E-state index in [4.69, 9.17) is 0 Å². The van der Waals surface area contributed by atoms with E-state index in [-0.39, 0.29) is 5.82 Å². The van der Waals surface area contributed by atoms with Gasteiger partial charge >= 0.3 is 0 Å². The average Bonchev–Trinajstić information content (AvgIpc) is 2.18. The van der Waals surface area contributed by atoms with Crippen molar-refractivity contribution in [3.8, 4) is 0 Å². The molecule has 0 saturated heterocycles. The van der Waals surface area contributed by atoms with Crippen LogP contribution >= 0.6 is 15.9 Å². The number of alkyl halides is 1. The number of anilines is 1. The molecule has 0 bridgehead atoms. The van der Waals surface area contributed by atoms with E-state index in [0.29, 0.717) is 16.3 Å². The van der Waals surface area contributed by atoms with Crippen molar-refractivity contribution in [2.45, 2.75) is 25.1 Å². The molecule has 5 heteroatoms. The van der Waals surface area contributed by atoms with Gasteiger partial charge in [-0.15, -0.1) is 0 Å². The number of aromatic nitrogens is 2. The fourth-order valence-electron chi connectivity index (χ4n) is 1.19. The van der Waals surface area contributed by atoms with Crippen LogP contribution in [0.25, 0.3) is 0 Å². The van der Waals surface area contributed by atoms with Gasteiger partial charge in [-0.1, -0.05) is 22.9 Å². The molecule has 0 fully saturated rings. The van der Waals surface area contributed by atoms with Crippen LogP contribution in [0, 0.1) is 12.7 Å². The predicted octanol–water partition coefficient (Wildman–Crippen LogP) is 2.53. The number of aryl methyl sites for hydroxylation is 1. The van der Waals surface area contributed by atoms with Gasteiger partial charge in [0, 0.05) is 18.4 Å². The zero-order valence-corrected chi connectivity index (χ0v) is 10.8. The maximum absolute atomic E-state index is 13.6. The van der Waals surface area contributed by atoms with Gasteiger partial charge in [0.05, 0.1) is 5.69 Å². The molecule has 0 N–H and O–H groups in total. The first-order valence-corrected chi connectivity index (χ1v) is 5.76. The third-order valence-corrected chi connectivity index (χ3v) is 2.63. The highest BCUT2D eigenvalue weighted by Gasteiger charge is 2.12. The van der Waals surface area contributed by atoms with E-state index < -0.39 is 0 Å². The Morgan fingerprint density at radius 3 is 2.80 bits per heavy atom. The standard InChI is InChI=1S/C10H15BrFN3/c1-7(11)4-5-15(3)10-9(12)8(2)13-6-14-10/h6-7H,4-5H2,1-3H3. The molecule has 0 spiro atoms. The van der Waals surface area contributed by atoms with Crippen LogP contribution in [-0.2, 0) is 0 Å². The second kappa shape index (κ2) is 5.39. The molecular weight excluding hydrogens is 261 g/mol. The number of nitrogens with zero attached hydrogens (tertiary/aromatic N) is 3. The lowest BCUT2D eigenvalue weighted by Gasteiger charge is -2.19. The Morgan fingerprint density at radius 2 is 2.20 bits per heavy atom. The Bertz CT molecular complexity index is 330. The van der Waals surface area contributed by atoms with Crippen LogP contribution in [-0.4, -0.2) is 28.4 Å². The molecule has 0 aromatic carbocycles. The van der Waals surface area contributed by atoms with Crippen molar-refractivity contribution in [2.75, 3.05) is 18.5 Å². The van der Waals surface area contributed by atoms with Gasteiger partial charge in [-0.3, -0.25) is 0 Å². The quantitative estimate of drug-likeness (QED) is 0.791. The van der Waals surface area contributed by atoms with Gasteiger partial charge in [0.15, 0.2) is 11.6 Å². The zero-order chi connectivity index (χ0) is 11.4. The van der Waals surface area contributed by atoms with E-state index in [1.807, 2.05) is 11.9 Å². The lowest BCUT2D eigenvalue weighted by molar-refractivity contribution is 0.593. The molecule has 84 valence electrons. The molecule has 1 rings (SSSR count). The Kier molecular flexibility index (Phi) is 4.45. The van der Waals surface area contributed by atoms with Crippen LogP contribution in [0.5, 0.6) is 0 Å². The summed E-state index contributed by atoms with van der Waals surface area (Å²) in [5, 5.41) is 0. The van der Waals surface area contributed by atoms with E-state index in [0.717, 1.165) is 13.0 Å². The van der Waals surface area contributed by atoms with Crippen LogP contribution < -0.4 is 4.90 Å². The van der Waals surface area contributed by atoms with Gasteiger partial charge < -0.3 is 4.90 Å². The molecular formula is C10H15BrFN3. The summed E-state index contributed by atoms with van der Waals surface area (Å²) < 4.78 is 13.6.